The molecule has 1 saturated carbocycles. The summed E-state index contributed by atoms with van der Waals surface area (Å²) in [7, 11) is 3.00. The maximum Gasteiger partial charge on any atom is 0.333 e. The van der Waals surface area contributed by atoms with Crippen molar-refractivity contribution in [3.63, 3.8) is 0 Å². The van der Waals surface area contributed by atoms with E-state index in [1.54, 1.807) is 20.8 Å². The summed E-state index contributed by atoms with van der Waals surface area (Å²) >= 11 is 1.18. The number of Topliss-reactive ketones (excluding diaryl/α,β-unsaturated/α-hetero) is 1. The van der Waals surface area contributed by atoms with Crippen molar-refractivity contribution in [3.8, 4) is 10.8 Å². The van der Waals surface area contributed by atoms with Crippen LogP contribution >= 0.6 is 11.3 Å². The number of rotatable bonds is 13. The van der Waals surface area contributed by atoms with Crippen molar-refractivity contribution in [2.75, 3.05) is 27.4 Å². The van der Waals surface area contributed by atoms with E-state index in [1.165, 1.54) is 65.5 Å². The second-order valence-corrected chi connectivity index (χ2v) is 12.3. The summed E-state index contributed by atoms with van der Waals surface area (Å²) in [5.74, 6) is -0.0433. The largest absolute Gasteiger partial charge is 0.496 e. The van der Waals surface area contributed by atoms with Crippen LogP contribution in [0.5, 0.6) is 5.75 Å². The van der Waals surface area contributed by atoms with Crippen LogP contribution in [-0.4, -0.2) is 57.3 Å². The number of halogens is 1. The number of nitrogens with zero attached hydrogens (tertiary/aromatic N) is 5. The van der Waals surface area contributed by atoms with Crippen molar-refractivity contribution in [1.82, 2.24) is 24.1 Å². The van der Waals surface area contributed by atoms with Gasteiger partial charge in [-0.15, -0.1) is 4.80 Å². The summed E-state index contributed by atoms with van der Waals surface area (Å²) in [6.07, 6.45) is 5.46. The van der Waals surface area contributed by atoms with Gasteiger partial charge in [-0.25, -0.2) is 13.8 Å². The van der Waals surface area contributed by atoms with E-state index in [4.69, 9.17) is 14.2 Å². The van der Waals surface area contributed by atoms with Crippen LogP contribution in [0.15, 0.2) is 40.2 Å². The molecule has 0 amide bonds. The first-order valence-corrected chi connectivity index (χ1v) is 15.0. The Kier molecular flexibility index (Phi) is 8.95. The van der Waals surface area contributed by atoms with Gasteiger partial charge in [0.05, 0.1) is 44.6 Å². The lowest BCUT2D eigenvalue weighted by molar-refractivity contribution is -0.128. The van der Waals surface area contributed by atoms with Gasteiger partial charge in [0, 0.05) is 24.7 Å². The van der Waals surface area contributed by atoms with E-state index in [2.05, 4.69) is 10.2 Å². The summed E-state index contributed by atoms with van der Waals surface area (Å²) in [5, 5.41) is 9.30. The van der Waals surface area contributed by atoms with Gasteiger partial charge in [-0.3, -0.25) is 14.2 Å². The van der Waals surface area contributed by atoms with E-state index in [0.717, 1.165) is 23.8 Å². The Bertz CT molecular complexity index is 1740. The maximum atomic E-state index is 14.5. The molecule has 13 heteroatoms. The fourth-order valence-electron chi connectivity index (χ4n) is 5.47. The molecule has 3 heterocycles. The molecule has 43 heavy (non-hydrogen) atoms. The summed E-state index contributed by atoms with van der Waals surface area (Å²) in [6.45, 7) is 5.31. The number of aromatic nitrogens is 5. The Morgan fingerprint density at radius 1 is 1.16 bits per heavy atom. The Balaban J connectivity index is 1.73. The van der Waals surface area contributed by atoms with Crippen molar-refractivity contribution in [2.24, 2.45) is 5.92 Å². The highest BCUT2D eigenvalue weighted by Gasteiger charge is 2.37. The second kappa shape index (κ2) is 12.5. The normalized spacial score (nSPS) is 14.7. The molecule has 1 atom stereocenters. The van der Waals surface area contributed by atoms with E-state index >= 15 is 0 Å². The number of carbonyl (C=O) groups excluding carboxylic acids is 1. The number of hydrogen-bond acceptors (Lipinski definition) is 9. The third kappa shape index (κ3) is 5.80. The van der Waals surface area contributed by atoms with Gasteiger partial charge in [-0.05, 0) is 44.9 Å². The molecule has 5 rings (SSSR count). The van der Waals surface area contributed by atoms with Crippen LogP contribution in [0.3, 0.4) is 0 Å². The zero-order chi connectivity index (χ0) is 30.9. The van der Waals surface area contributed by atoms with Gasteiger partial charge >= 0.3 is 5.69 Å². The lowest BCUT2D eigenvalue weighted by Gasteiger charge is -2.31. The third-order valence-electron chi connectivity index (χ3n) is 8.22. The summed E-state index contributed by atoms with van der Waals surface area (Å²) < 4.78 is 33.8. The Morgan fingerprint density at radius 3 is 2.51 bits per heavy atom. The Labute approximate surface area is 251 Å². The number of methoxy groups -OCH3 is 2. The lowest BCUT2D eigenvalue weighted by Crippen LogP contribution is -2.53. The number of ether oxygens (including phenoxy) is 3. The molecule has 1 aliphatic rings. The monoisotopic (exact) mass is 613 g/mol. The van der Waals surface area contributed by atoms with Crippen LogP contribution in [0.2, 0.25) is 0 Å². The zero-order valence-corrected chi connectivity index (χ0v) is 25.8. The van der Waals surface area contributed by atoms with E-state index in [-0.39, 0.29) is 36.8 Å². The number of benzene rings is 1. The van der Waals surface area contributed by atoms with Gasteiger partial charge in [-0.1, -0.05) is 30.6 Å². The molecule has 0 spiro atoms. The quantitative estimate of drug-likeness (QED) is 0.206. The maximum absolute atomic E-state index is 14.5. The standard InChI is InChI=1S/C30H36FN5O6S/c1-18-25-26(38)35(30(2,3)24(37)15-19-7-6-8-19)29(39)34(28(25)43-27(18)36-32-11-12-33-36)17-23(42-14-13-40-4)21-16-20(31)9-10-22(21)41-5/h9-12,16,19,23H,6-8,13-15,17H2,1-5H3/t23-/m0/s1. The average Bonchev–Trinajstić information content (AvgIpc) is 3.60. The lowest BCUT2D eigenvalue weighted by atomic mass is 9.79. The van der Waals surface area contributed by atoms with Gasteiger partial charge in [0.2, 0.25) is 0 Å². The van der Waals surface area contributed by atoms with Crippen LogP contribution in [0.25, 0.3) is 15.2 Å². The molecule has 0 aliphatic heterocycles. The highest BCUT2D eigenvalue weighted by atomic mass is 32.1. The van der Waals surface area contributed by atoms with Crippen molar-refractivity contribution in [1.29, 1.82) is 0 Å². The number of aryl methyl sites for hydroxylation is 1. The first-order chi connectivity index (χ1) is 20.6. The fraction of sp³-hybridized carbons (Fsp3) is 0.500. The van der Waals surface area contributed by atoms with Crippen molar-refractivity contribution in [3.05, 3.63) is 68.4 Å². The van der Waals surface area contributed by atoms with Gasteiger partial charge in [0.15, 0.2) is 5.78 Å². The van der Waals surface area contributed by atoms with Gasteiger partial charge < -0.3 is 14.2 Å². The molecule has 3 aromatic heterocycles. The molecule has 11 nitrogen and oxygen atoms in total. The molecular weight excluding hydrogens is 577 g/mol. The minimum absolute atomic E-state index is 0.0992. The molecule has 4 aromatic rings. The SMILES string of the molecule is COCCO[C@@H](Cn1c(=O)n(C(C)(C)C(=O)CC2CCC2)c(=O)c2c(C)c(-n3nccn3)sc21)c1cc(F)ccc1OC. The van der Waals surface area contributed by atoms with Crippen LogP contribution in [0.1, 0.15) is 56.8 Å². The van der Waals surface area contributed by atoms with Crippen molar-refractivity contribution >= 4 is 27.3 Å². The van der Waals surface area contributed by atoms with E-state index in [1.807, 2.05) is 0 Å². The van der Waals surface area contributed by atoms with Crippen LogP contribution in [-0.2, 0) is 26.4 Å². The molecule has 0 bridgehead atoms. The first-order valence-electron chi connectivity index (χ1n) is 14.2. The van der Waals surface area contributed by atoms with Gasteiger partial charge in [0.25, 0.3) is 5.56 Å². The third-order valence-corrected chi connectivity index (χ3v) is 9.50. The number of hydrogen-bond donors (Lipinski definition) is 0. The molecular formula is C30H36FN5O6S. The minimum Gasteiger partial charge on any atom is -0.496 e. The molecule has 0 unspecified atom stereocenters. The second-order valence-electron chi connectivity index (χ2n) is 11.3. The number of thiophene rings is 1. The Hall–Kier alpha value is -3.68. The number of ketones is 1. The molecule has 0 saturated heterocycles. The minimum atomic E-state index is -1.42. The smallest absolute Gasteiger partial charge is 0.333 e. The highest BCUT2D eigenvalue weighted by molar-refractivity contribution is 7.21. The summed E-state index contributed by atoms with van der Waals surface area (Å²) in [4.78, 5) is 44.0. The molecule has 0 N–H and O–H groups in total. The van der Waals surface area contributed by atoms with E-state index in [0.29, 0.717) is 33.1 Å². The van der Waals surface area contributed by atoms with Crippen molar-refractivity contribution in [2.45, 2.75) is 64.6 Å². The average molecular weight is 614 g/mol. The molecule has 230 valence electrons. The zero-order valence-electron chi connectivity index (χ0n) is 25.0. The van der Waals surface area contributed by atoms with Crippen molar-refractivity contribution < 1.29 is 23.4 Å². The summed E-state index contributed by atoms with van der Waals surface area (Å²) in [6, 6.07) is 4.08. The van der Waals surface area contributed by atoms with Crippen LogP contribution in [0.4, 0.5) is 4.39 Å². The highest BCUT2D eigenvalue weighted by Crippen LogP contribution is 2.35. The van der Waals surface area contributed by atoms with Gasteiger partial charge in [-0.2, -0.15) is 10.2 Å². The van der Waals surface area contributed by atoms with E-state index in [9.17, 15) is 18.8 Å². The molecule has 1 aromatic carbocycles. The number of fused-ring (bicyclic) bond motifs is 1. The predicted octanol–water partition coefficient (Wildman–Crippen LogP) is 4.16. The van der Waals surface area contributed by atoms with Crippen LogP contribution < -0.4 is 16.0 Å². The molecule has 1 fully saturated rings. The van der Waals surface area contributed by atoms with Crippen LogP contribution in [0, 0.1) is 18.7 Å². The predicted molar refractivity (Wildman–Crippen MR) is 160 cm³/mol. The van der Waals surface area contributed by atoms with E-state index < -0.39 is 28.7 Å². The summed E-state index contributed by atoms with van der Waals surface area (Å²) in [5.41, 5.74) is -1.68. The molecule has 0 radical (unpaired) electrons. The Morgan fingerprint density at radius 2 is 1.88 bits per heavy atom. The van der Waals surface area contributed by atoms with Gasteiger partial charge in [0.1, 0.15) is 33.0 Å². The molecule has 1 aliphatic carbocycles. The first kappa shape index (κ1) is 30.8. The number of carbonyl (C=O) groups is 1. The fourth-order valence-corrected chi connectivity index (χ4v) is 6.69. The topological polar surface area (TPSA) is 119 Å².